The van der Waals surface area contributed by atoms with E-state index in [1.807, 2.05) is 6.92 Å². The zero-order chi connectivity index (χ0) is 14.0. The Morgan fingerprint density at radius 2 is 2.16 bits per heavy atom. The maximum absolute atomic E-state index is 12.0. The van der Waals surface area contributed by atoms with Crippen LogP contribution in [0.1, 0.15) is 43.9 Å². The molecule has 7 heteroatoms. The van der Waals surface area contributed by atoms with Gasteiger partial charge in [0.2, 0.25) is 0 Å². The van der Waals surface area contributed by atoms with Gasteiger partial charge in [0.25, 0.3) is 0 Å². The van der Waals surface area contributed by atoms with Crippen molar-refractivity contribution in [3.63, 3.8) is 0 Å². The number of carbonyl (C=O) groups is 1. The minimum Gasteiger partial charge on any atom is -0.455 e. The number of aromatic amines is 1. The summed E-state index contributed by atoms with van der Waals surface area (Å²) in [7, 11) is 0. The standard InChI is InChI=1S/C12H16N4O3/c1-5-7-6-8(15-19-7)9-10(14-16-13-9)11(17)18-12(2,3)4/h6H,5H2,1-4H3,(H,13,14,16). The Balaban J connectivity index is 2.29. The number of esters is 1. The van der Waals surface area contributed by atoms with Crippen molar-refractivity contribution in [2.75, 3.05) is 0 Å². The van der Waals surface area contributed by atoms with Gasteiger partial charge in [-0.1, -0.05) is 12.1 Å². The van der Waals surface area contributed by atoms with Crippen molar-refractivity contribution in [3.8, 4) is 11.4 Å². The molecular weight excluding hydrogens is 248 g/mol. The molecule has 2 heterocycles. The highest BCUT2D eigenvalue weighted by Crippen LogP contribution is 2.21. The predicted octanol–water partition coefficient (Wildman–Crippen LogP) is 1.98. The summed E-state index contributed by atoms with van der Waals surface area (Å²) in [5.74, 6) is 0.172. The largest absolute Gasteiger partial charge is 0.455 e. The third kappa shape index (κ3) is 2.98. The number of nitrogens with one attached hydrogen (secondary N) is 1. The minimum absolute atomic E-state index is 0.103. The van der Waals surface area contributed by atoms with E-state index in [4.69, 9.17) is 9.26 Å². The molecule has 0 aliphatic heterocycles. The molecule has 0 aliphatic rings. The highest BCUT2D eigenvalue weighted by atomic mass is 16.6. The van der Waals surface area contributed by atoms with Crippen LogP contribution < -0.4 is 0 Å². The van der Waals surface area contributed by atoms with E-state index in [-0.39, 0.29) is 5.69 Å². The molecule has 0 bridgehead atoms. The molecule has 0 fully saturated rings. The van der Waals surface area contributed by atoms with Crippen LogP contribution in [0.2, 0.25) is 0 Å². The average molecular weight is 264 g/mol. The fraction of sp³-hybridized carbons (Fsp3) is 0.500. The van der Waals surface area contributed by atoms with Gasteiger partial charge >= 0.3 is 5.97 Å². The second-order valence-corrected chi connectivity index (χ2v) is 5.05. The molecule has 0 saturated carbocycles. The first-order chi connectivity index (χ1) is 8.90. The van der Waals surface area contributed by atoms with Crippen molar-refractivity contribution in [1.82, 2.24) is 20.6 Å². The first kappa shape index (κ1) is 13.3. The van der Waals surface area contributed by atoms with Crippen molar-refractivity contribution in [1.29, 1.82) is 0 Å². The van der Waals surface area contributed by atoms with Crippen LogP contribution in [0.25, 0.3) is 11.4 Å². The average Bonchev–Trinajstić information content (AvgIpc) is 2.95. The summed E-state index contributed by atoms with van der Waals surface area (Å²) >= 11 is 0. The van der Waals surface area contributed by atoms with Gasteiger partial charge in [-0.2, -0.15) is 10.3 Å². The number of aryl methyl sites for hydroxylation is 1. The van der Waals surface area contributed by atoms with Crippen LogP contribution in [0, 0.1) is 0 Å². The summed E-state index contributed by atoms with van der Waals surface area (Å²) in [6.07, 6.45) is 0.715. The normalized spacial score (nSPS) is 11.6. The van der Waals surface area contributed by atoms with Crippen LogP contribution in [0.5, 0.6) is 0 Å². The Morgan fingerprint density at radius 3 is 2.74 bits per heavy atom. The van der Waals surface area contributed by atoms with E-state index >= 15 is 0 Å². The minimum atomic E-state index is -0.592. The Morgan fingerprint density at radius 1 is 1.42 bits per heavy atom. The molecule has 102 valence electrons. The van der Waals surface area contributed by atoms with E-state index < -0.39 is 11.6 Å². The van der Waals surface area contributed by atoms with Crippen molar-refractivity contribution >= 4 is 5.97 Å². The Kier molecular flexibility index (Phi) is 3.37. The lowest BCUT2D eigenvalue weighted by Gasteiger charge is -2.18. The number of hydrogen-bond acceptors (Lipinski definition) is 6. The molecule has 1 N–H and O–H groups in total. The second-order valence-electron chi connectivity index (χ2n) is 5.05. The van der Waals surface area contributed by atoms with E-state index in [2.05, 4.69) is 20.6 Å². The smallest absolute Gasteiger partial charge is 0.361 e. The van der Waals surface area contributed by atoms with E-state index in [0.717, 1.165) is 0 Å². The van der Waals surface area contributed by atoms with Gasteiger partial charge in [-0.25, -0.2) is 4.79 Å². The molecule has 2 aromatic heterocycles. The van der Waals surface area contributed by atoms with Crippen molar-refractivity contribution in [2.24, 2.45) is 0 Å². The molecule has 7 nitrogen and oxygen atoms in total. The number of carbonyl (C=O) groups excluding carboxylic acids is 1. The molecule has 2 rings (SSSR count). The summed E-state index contributed by atoms with van der Waals surface area (Å²) < 4.78 is 10.3. The lowest BCUT2D eigenvalue weighted by atomic mass is 10.2. The van der Waals surface area contributed by atoms with E-state index in [1.54, 1.807) is 26.8 Å². The van der Waals surface area contributed by atoms with E-state index in [1.165, 1.54) is 0 Å². The van der Waals surface area contributed by atoms with Gasteiger partial charge in [0, 0.05) is 12.5 Å². The van der Waals surface area contributed by atoms with E-state index in [0.29, 0.717) is 23.6 Å². The molecule has 2 aromatic rings. The molecule has 19 heavy (non-hydrogen) atoms. The summed E-state index contributed by atoms with van der Waals surface area (Å²) in [5, 5.41) is 14.0. The van der Waals surface area contributed by atoms with Gasteiger partial charge in [0.15, 0.2) is 5.69 Å². The first-order valence-corrected chi connectivity index (χ1v) is 6.01. The lowest BCUT2D eigenvalue weighted by Crippen LogP contribution is -2.24. The predicted molar refractivity (Wildman–Crippen MR) is 66.4 cm³/mol. The molecule has 0 aromatic carbocycles. The maximum atomic E-state index is 12.0. The monoisotopic (exact) mass is 264 g/mol. The number of H-pyrrole nitrogens is 1. The SMILES string of the molecule is CCc1cc(-c2n[nH]nc2C(=O)OC(C)(C)C)no1. The third-order valence-corrected chi connectivity index (χ3v) is 2.29. The summed E-state index contributed by atoms with van der Waals surface area (Å²) in [6.45, 7) is 7.31. The maximum Gasteiger partial charge on any atom is 0.361 e. The molecule has 0 unspecified atom stereocenters. The number of nitrogens with zero attached hydrogens (tertiary/aromatic N) is 3. The zero-order valence-corrected chi connectivity index (χ0v) is 11.4. The highest BCUT2D eigenvalue weighted by molar-refractivity contribution is 5.93. The number of rotatable bonds is 3. The van der Waals surface area contributed by atoms with Gasteiger partial charge in [0.1, 0.15) is 22.7 Å². The van der Waals surface area contributed by atoms with Crippen LogP contribution in [0.3, 0.4) is 0 Å². The van der Waals surface area contributed by atoms with Crippen molar-refractivity contribution in [3.05, 3.63) is 17.5 Å². The Bertz CT molecular complexity index is 580. The van der Waals surface area contributed by atoms with Gasteiger partial charge in [-0.15, -0.1) is 5.10 Å². The quantitative estimate of drug-likeness (QED) is 0.852. The Hall–Kier alpha value is -2.18. The molecular formula is C12H16N4O3. The lowest BCUT2D eigenvalue weighted by molar-refractivity contribution is 0.00637. The summed E-state index contributed by atoms with van der Waals surface area (Å²) in [4.78, 5) is 12.0. The van der Waals surface area contributed by atoms with Gasteiger partial charge < -0.3 is 9.26 Å². The number of ether oxygens (including phenoxy) is 1. The number of hydrogen-bond donors (Lipinski definition) is 1. The second kappa shape index (κ2) is 4.83. The molecule has 0 spiro atoms. The fourth-order valence-corrected chi connectivity index (χ4v) is 1.47. The van der Waals surface area contributed by atoms with Crippen LogP contribution >= 0.6 is 0 Å². The summed E-state index contributed by atoms with van der Waals surface area (Å²) in [6, 6.07) is 1.73. The van der Waals surface area contributed by atoms with Crippen LogP contribution in [-0.4, -0.2) is 32.1 Å². The van der Waals surface area contributed by atoms with Crippen LogP contribution in [0.4, 0.5) is 0 Å². The Labute approximate surface area is 110 Å². The molecule has 0 saturated heterocycles. The van der Waals surface area contributed by atoms with Gasteiger partial charge in [-0.3, -0.25) is 0 Å². The van der Waals surface area contributed by atoms with Gasteiger partial charge in [-0.05, 0) is 20.8 Å². The third-order valence-electron chi connectivity index (χ3n) is 2.29. The van der Waals surface area contributed by atoms with E-state index in [9.17, 15) is 4.79 Å². The van der Waals surface area contributed by atoms with Gasteiger partial charge in [0.05, 0.1) is 0 Å². The summed E-state index contributed by atoms with van der Waals surface area (Å²) in [5.41, 5.74) is 0.307. The van der Waals surface area contributed by atoms with Crippen molar-refractivity contribution < 1.29 is 14.1 Å². The molecule has 0 radical (unpaired) electrons. The van der Waals surface area contributed by atoms with Crippen molar-refractivity contribution in [2.45, 2.75) is 39.7 Å². The fourth-order valence-electron chi connectivity index (χ4n) is 1.47. The first-order valence-electron chi connectivity index (χ1n) is 6.01. The molecule has 0 amide bonds. The molecule has 0 aliphatic carbocycles. The number of aromatic nitrogens is 4. The molecule has 0 atom stereocenters. The van der Waals surface area contributed by atoms with Crippen LogP contribution in [-0.2, 0) is 11.2 Å². The topological polar surface area (TPSA) is 93.9 Å². The zero-order valence-electron chi connectivity index (χ0n) is 11.4. The highest BCUT2D eigenvalue weighted by Gasteiger charge is 2.25. The van der Waals surface area contributed by atoms with Crippen LogP contribution in [0.15, 0.2) is 10.6 Å².